The van der Waals surface area contributed by atoms with Crippen molar-refractivity contribution in [3.63, 3.8) is 0 Å². The van der Waals surface area contributed by atoms with Crippen LogP contribution >= 0.6 is 0 Å². The number of nitrogens with one attached hydrogen (secondary N) is 1. The first-order valence-electron chi connectivity index (χ1n) is 7.87. The van der Waals surface area contributed by atoms with Crippen molar-refractivity contribution in [1.29, 1.82) is 0 Å². The third-order valence-electron chi connectivity index (χ3n) is 3.34. The molecule has 0 fully saturated rings. The number of hydrogen-bond donors (Lipinski definition) is 2. The van der Waals surface area contributed by atoms with E-state index in [0.717, 1.165) is 30.8 Å². The summed E-state index contributed by atoms with van der Waals surface area (Å²) in [7, 11) is 0. The maximum absolute atomic E-state index is 5.88. The molecule has 0 atom stereocenters. The lowest BCUT2D eigenvalue weighted by atomic mass is 10.1. The zero-order valence-corrected chi connectivity index (χ0v) is 13.5. The summed E-state index contributed by atoms with van der Waals surface area (Å²) in [6.07, 6.45) is 2.62. The number of aliphatic imine (C=N–C) groups is 1. The van der Waals surface area contributed by atoms with Gasteiger partial charge < -0.3 is 15.8 Å². The molecule has 0 aliphatic carbocycles. The minimum absolute atomic E-state index is 0.458. The van der Waals surface area contributed by atoms with Gasteiger partial charge in [-0.1, -0.05) is 30.3 Å². The molecule has 0 saturated heterocycles. The van der Waals surface area contributed by atoms with Crippen LogP contribution < -0.4 is 11.1 Å². The van der Waals surface area contributed by atoms with Crippen molar-refractivity contribution < 1.29 is 4.74 Å². The number of nitrogens with zero attached hydrogens (tertiary/aromatic N) is 2. The Hall–Kier alpha value is -2.40. The molecule has 2 aromatic rings. The first kappa shape index (κ1) is 17.0. The highest BCUT2D eigenvalue weighted by Crippen LogP contribution is 2.06. The van der Waals surface area contributed by atoms with E-state index >= 15 is 0 Å². The Morgan fingerprint density at radius 1 is 1.17 bits per heavy atom. The zero-order valence-electron chi connectivity index (χ0n) is 13.5. The van der Waals surface area contributed by atoms with E-state index in [4.69, 9.17) is 10.5 Å². The van der Waals surface area contributed by atoms with Crippen LogP contribution in [0.25, 0.3) is 0 Å². The summed E-state index contributed by atoms with van der Waals surface area (Å²) in [6.45, 7) is 4.66. The van der Waals surface area contributed by atoms with Gasteiger partial charge in [0, 0.05) is 31.5 Å². The van der Waals surface area contributed by atoms with Gasteiger partial charge in [-0.25, -0.2) is 4.99 Å². The van der Waals surface area contributed by atoms with Crippen LogP contribution in [0.2, 0.25) is 0 Å². The molecule has 3 N–H and O–H groups in total. The van der Waals surface area contributed by atoms with E-state index < -0.39 is 0 Å². The fraction of sp³-hybridized carbons (Fsp3) is 0.333. The van der Waals surface area contributed by atoms with Gasteiger partial charge in [-0.15, -0.1) is 0 Å². The Labute approximate surface area is 137 Å². The molecular weight excluding hydrogens is 288 g/mol. The lowest BCUT2D eigenvalue weighted by Gasteiger charge is -2.06. The number of rotatable bonds is 8. The Morgan fingerprint density at radius 2 is 1.96 bits per heavy atom. The van der Waals surface area contributed by atoms with Crippen LogP contribution in [0.15, 0.2) is 53.7 Å². The molecule has 23 heavy (non-hydrogen) atoms. The Morgan fingerprint density at radius 3 is 2.65 bits per heavy atom. The second kappa shape index (κ2) is 9.58. The predicted molar refractivity (Wildman–Crippen MR) is 93.0 cm³/mol. The quantitative estimate of drug-likeness (QED) is 0.579. The number of benzene rings is 1. The lowest BCUT2D eigenvalue weighted by Crippen LogP contribution is -2.33. The van der Waals surface area contributed by atoms with Crippen molar-refractivity contribution in [3.05, 3.63) is 65.5 Å². The Kier molecular flexibility index (Phi) is 7.07. The number of hydrogen-bond acceptors (Lipinski definition) is 3. The number of guanidine groups is 1. The second-order valence-electron chi connectivity index (χ2n) is 5.15. The maximum atomic E-state index is 5.88. The van der Waals surface area contributed by atoms with Crippen LogP contribution in [0, 0.1) is 0 Å². The highest BCUT2D eigenvalue weighted by Gasteiger charge is 1.97. The van der Waals surface area contributed by atoms with Crippen LogP contribution in [-0.4, -0.2) is 24.1 Å². The summed E-state index contributed by atoms with van der Waals surface area (Å²) in [5.41, 5.74) is 9.21. The van der Waals surface area contributed by atoms with Crippen molar-refractivity contribution >= 4 is 5.96 Å². The fourth-order valence-corrected chi connectivity index (χ4v) is 2.06. The van der Waals surface area contributed by atoms with E-state index in [9.17, 15) is 0 Å². The lowest BCUT2D eigenvalue weighted by molar-refractivity contribution is 0.134. The first-order valence-corrected chi connectivity index (χ1v) is 7.87. The van der Waals surface area contributed by atoms with Crippen LogP contribution in [0.1, 0.15) is 23.7 Å². The molecule has 0 radical (unpaired) electrons. The van der Waals surface area contributed by atoms with Gasteiger partial charge in [0.1, 0.15) is 0 Å². The minimum atomic E-state index is 0.458. The van der Waals surface area contributed by atoms with Gasteiger partial charge in [-0.2, -0.15) is 0 Å². The topological polar surface area (TPSA) is 72.5 Å². The molecule has 0 unspecified atom stereocenters. The normalized spacial score (nSPS) is 11.4. The molecule has 1 heterocycles. The minimum Gasteiger partial charge on any atom is -0.377 e. The summed E-state index contributed by atoms with van der Waals surface area (Å²) in [5.74, 6) is 0.458. The highest BCUT2D eigenvalue weighted by atomic mass is 16.5. The fourth-order valence-electron chi connectivity index (χ4n) is 2.06. The highest BCUT2D eigenvalue weighted by molar-refractivity contribution is 5.77. The van der Waals surface area contributed by atoms with E-state index in [2.05, 4.69) is 39.6 Å². The number of nitrogens with two attached hydrogens (primary N) is 1. The number of ether oxygens (including phenoxy) is 1. The maximum Gasteiger partial charge on any atom is 0.188 e. The molecule has 0 bridgehead atoms. The summed E-state index contributed by atoms with van der Waals surface area (Å²) >= 11 is 0. The second-order valence-corrected chi connectivity index (χ2v) is 5.15. The zero-order chi connectivity index (χ0) is 16.3. The monoisotopic (exact) mass is 312 g/mol. The Bertz CT molecular complexity index is 596. The standard InChI is InChI=1S/C18H24N4O/c1-2-23-14-16-8-6-15(7-9-16)13-22-18(19)21-12-10-17-5-3-4-11-20-17/h3-9,11H,2,10,12-14H2,1H3,(H3,19,21,22). The van der Waals surface area contributed by atoms with E-state index in [1.54, 1.807) is 6.20 Å². The molecule has 0 aliphatic heterocycles. The summed E-state index contributed by atoms with van der Waals surface area (Å²) in [6, 6.07) is 14.1. The van der Waals surface area contributed by atoms with Crippen LogP contribution in [0.4, 0.5) is 0 Å². The average Bonchev–Trinajstić information content (AvgIpc) is 2.60. The van der Waals surface area contributed by atoms with Crippen molar-refractivity contribution in [1.82, 2.24) is 10.3 Å². The van der Waals surface area contributed by atoms with Gasteiger partial charge >= 0.3 is 0 Å². The van der Waals surface area contributed by atoms with E-state index in [0.29, 0.717) is 19.1 Å². The average molecular weight is 312 g/mol. The van der Waals surface area contributed by atoms with Crippen LogP contribution in [0.3, 0.4) is 0 Å². The molecule has 1 aromatic heterocycles. The van der Waals surface area contributed by atoms with E-state index in [1.165, 1.54) is 5.56 Å². The van der Waals surface area contributed by atoms with Gasteiger partial charge in [0.2, 0.25) is 0 Å². The Balaban J connectivity index is 1.73. The molecule has 1 aromatic carbocycles. The van der Waals surface area contributed by atoms with Gasteiger partial charge in [0.15, 0.2) is 5.96 Å². The smallest absolute Gasteiger partial charge is 0.188 e. The summed E-state index contributed by atoms with van der Waals surface area (Å²) in [5, 5.41) is 3.11. The molecule has 2 rings (SSSR count). The number of aromatic nitrogens is 1. The van der Waals surface area contributed by atoms with Crippen molar-refractivity contribution in [3.8, 4) is 0 Å². The molecule has 122 valence electrons. The summed E-state index contributed by atoms with van der Waals surface area (Å²) < 4.78 is 5.38. The van der Waals surface area contributed by atoms with Crippen molar-refractivity contribution in [2.45, 2.75) is 26.5 Å². The SMILES string of the molecule is CCOCc1ccc(CN=C(N)NCCc2ccccn2)cc1. The molecule has 0 spiro atoms. The predicted octanol–water partition coefficient (Wildman–Crippen LogP) is 2.27. The van der Waals surface area contributed by atoms with Crippen molar-refractivity contribution in [2.24, 2.45) is 10.7 Å². The van der Waals surface area contributed by atoms with Gasteiger partial charge in [0.25, 0.3) is 0 Å². The van der Waals surface area contributed by atoms with E-state index in [-0.39, 0.29) is 0 Å². The summed E-state index contributed by atoms with van der Waals surface area (Å²) in [4.78, 5) is 8.62. The van der Waals surface area contributed by atoms with Crippen LogP contribution in [0.5, 0.6) is 0 Å². The van der Waals surface area contributed by atoms with Crippen molar-refractivity contribution in [2.75, 3.05) is 13.2 Å². The van der Waals surface area contributed by atoms with E-state index in [1.807, 2.05) is 25.1 Å². The molecule has 5 nitrogen and oxygen atoms in total. The molecular formula is C18H24N4O. The van der Waals surface area contributed by atoms with Gasteiger partial charge in [0.05, 0.1) is 13.2 Å². The molecule has 0 amide bonds. The van der Waals surface area contributed by atoms with Crippen LogP contribution in [-0.2, 0) is 24.3 Å². The molecule has 0 saturated carbocycles. The third-order valence-corrected chi connectivity index (χ3v) is 3.34. The largest absolute Gasteiger partial charge is 0.377 e. The number of pyridine rings is 1. The third kappa shape index (κ3) is 6.48. The molecule has 0 aliphatic rings. The first-order chi connectivity index (χ1) is 11.3. The van der Waals surface area contributed by atoms with Gasteiger partial charge in [-0.3, -0.25) is 4.98 Å². The molecule has 5 heteroatoms. The van der Waals surface area contributed by atoms with Gasteiger partial charge in [-0.05, 0) is 30.2 Å².